The number of hydrogen-bond donors (Lipinski definition) is 1. The van der Waals surface area contributed by atoms with E-state index < -0.39 is 5.97 Å². The number of hydrogen-bond acceptors (Lipinski definition) is 2. The molecule has 16 heavy (non-hydrogen) atoms. The smallest absolute Gasteiger partial charge is 0.320 e. The Kier molecular flexibility index (Phi) is 4.58. The van der Waals surface area contributed by atoms with Crippen molar-refractivity contribution >= 4 is 12.0 Å². The molecular weight excluding hydrogens is 208 g/mol. The van der Waals surface area contributed by atoms with Gasteiger partial charge in [0.2, 0.25) is 0 Å². The number of carboxylic acids is 1. The maximum atomic E-state index is 12.1. The Balaban J connectivity index is 2.51. The summed E-state index contributed by atoms with van der Waals surface area (Å²) < 4.78 is 0. The van der Waals surface area contributed by atoms with E-state index >= 15 is 0 Å². The Hall–Kier alpha value is -1.26. The second-order valence-corrected chi connectivity index (χ2v) is 4.19. The van der Waals surface area contributed by atoms with Gasteiger partial charge >= 0.3 is 12.0 Å². The highest BCUT2D eigenvalue weighted by atomic mass is 16.4. The van der Waals surface area contributed by atoms with Crippen LogP contribution >= 0.6 is 0 Å². The van der Waals surface area contributed by atoms with Gasteiger partial charge in [-0.1, -0.05) is 0 Å². The fourth-order valence-corrected chi connectivity index (χ4v) is 2.02. The summed E-state index contributed by atoms with van der Waals surface area (Å²) in [6, 6.07) is 0.264. The molecule has 5 nitrogen and oxygen atoms in total. The number of nitrogens with zero attached hydrogens (tertiary/aromatic N) is 2. The van der Waals surface area contributed by atoms with Crippen molar-refractivity contribution in [2.24, 2.45) is 0 Å². The average Bonchev–Trinajstić information content (AvgIpc) is 2.64. The van der Waals surface area contributed by atoms with Crippen LogP contribution in [-0.2, 0) is 4.79 Å². The van der Waals surface area contributed by atoms with Crippen LogP contribution in [0.5, 0.6) is 0 Å². The average molecular weight is 228 g/mol. The number of aliphatic carboxylic acids is 1. The number of urea groups is 1. The van der Waals surface area contributed by atoms with E-state index in [0.717, 1.165) is 19.4 Å². The summed E-state index contributed by atoms with van der Waals surface area (Å²) in [7, 11) is 0. The highest BCUT2D eigenvalue weighted by Crippen LogP contribution is 2.18. The van der Waals surface area contributed by atoms with Crippen LogP contribution in [0.1, 0.15) is 33.1 Å². The third-order valence-electron chi connectivity index (χ3n) is 3.05. The van der Waals surface area contributed by atoms with E-state index in [1.54, 1.807) is 4.90 Å². The van der Waals surface area contributed by atoms with Gasteiger partial charge in [-0.25, -0.2) is 4.79 Å². The molecule has 0 aromatic rings. The molecule has 0 spiro atoms. The highest BCUT2D eigenvalue weighted by molar-refractivity contribution is 5.76. The summed E-state index contributed by atoms with van der Waals surface area (Å²) in [5.74, 6) is -0.860. The van der Waals surface area contributed by atoms with Crippen LogP contribution in [0.2, 0.25) is 0 Å². The first-order valence-corrected chi connectivity index (χ1v) is 5.83. The van der Waals surface area contributed by atoms with Gasteiger partial charge in [0.15, 0.2) is 0 Å². The molecule has 0 aliphatic carbocycles. The number of amides is 2. The van der Waals surface area contributed by atoms with Crippen LogP contribution in [0.3, 0.4) is 0 Å². The lowest BCUT2D eigenvalue weighted by molar-refractivity contribution is -0.137. The molecule has 1 unspecified atom stereocenters. The number of likely N-dealkylation sites (tertiary alicyclic amines) is 1. The molecule has 1 rings (SSSR count). The minimum absolute atomic E-state index is 0.0157. The van der Waals surface area contributed by atoms with Crippen LogP contribution < -0.4 is 0 Å². The second-order valence-electron chi connectivity index (χ2n) is 4.19. The molecule has 0 radical (unpaired) electrons. The number of carbonyl (C=O) groups excluding carboxylic acids is 1. The van der Waals surface area contributed by atoms with Crippen molar-refractivity contribution in [3.05, 3.63) is 0 Å². The zero-order valence-electron chi connectivity index (χ0n) is 9.98. The Morgan fingerprint density at radius 3 is 2.62 bits per heavy atom. The third kappa shape index (κ3) is 3.12. The van der Waals surface area contributed by atoms with Crippen LogP contribution in [0.25, 0.3) is 0 Å². The zero-order chi connectivity index (χ0) is 12.1. The lowest BCUT2D eigenvalue weighted by atomic mass is 10.2. The van der Waals surface area contributed by atoms with E-state index in [0.29, 0.717) is 13.1 Å². The van der Waals surface area contributed by atoms with Crippen molar-refractivity contribution in [2.45, 2.75) is 39.2 Å². The first-order chi connectivity index (χ1) is 7.56. The van der Waals surface area contributed by atoms with Crippen LogP contribution in [-0.4, -0.2) is 52.6 Å². The fourth-order valence-electron chi connectivity index (χ4n) is 2.02. The largest absolute Gasteiger partial charge is 0.481 e. The van der Waals surface area contributed by atoms with Gasteiger partial charge in [-0.2, -0.15) is 0 Å². The maximum absolute atomic E-state index is 12.1. The molecule has 0 saturated carbocycles. The van der Waals surface area contributed by atoms with Gasteiger partial charge in [0.25, 0.3) is 0 Å². The number of carbonyl (C=O) groups is 2. The molecule has 0 bridgehead atoms. The second kappa shape index (κ2) is 5.72. The highest BCUT2D eigenvalue weighted by Gasteiger charge is 2.28. The quantitative estimate of drug-likeness (QED) is 0.791. The maximum Gasteiger partial charge on any atom is 0.320 e. The zero-order valence-corrected chi connectivity index (χ0v) is 9.98. The molecule has 1 aliphatic rings. The first-order valence-electron chi connectivity index (χ1n) is 5.83. The van der Waals surface area contributed by atoms with Gasteiger partial charge in [0.05, 0.1) is 6.42 Å². The first kappa shape index (κ1) is 12.8. The molecule has 0 aromatic carbocycles. The SMILES string of the molecule is CCN(CCC(=O)O)C(=O)N1CCCC1C. The standard InChI is InChI=1S/C11H20N2O3/c1-3-12(8-6-10(14)15)11(16)13-7-4-5-9(13)2/h9H,3-8H2,1-2H3,(H,14,15). The molecule has 1 saturated heterocycles. The van der Waals surface area contributed by atoms with Crippen molar-refractivity contribution < 1.29 is 14.7 Å². The van der Waals surface area contributed by atoms with E-state index in [1.807, 2.05) is 18.7 Å². The van der Waals surface area contributed by atoms with E-state index in [2.05, 4.69) is 0 Å². The van der Waals surface area contributed by atoms with Gasteiger partial charge in [0.1, 0.15) is 0 Å². The Morgan fingerprint density at radius 1 is 1.50 bits per heavy atom. The minimum Gasteiger partial charge on any atom is -0.481 e. The fraction of sp³-hybridized carbons (Fsp3) is 0.818. The third-order valence-corrected chi connectivity index (χ3v) is 3.05. The van der Waals surface area contributed by atoms with Gasteiger partial charge in [0, 0.05) is 25.7 Å². The van der Waals surface area contributed by atoms with Crippen molar-refractivity contribution in [3.63, 3.8) is 0 Å². The molecule has 92 valence electrons. The minimum atomic E-state index is -0.860. The molecule has 2 amide bonds. The predicted molar refractivity (Wildman–Crippen MR) is 60.3 cm³/mol. The van der Waals surface area contributed by atoms with Gasteiger partial charge in [-0.3, -0.25) is 4.79 Å². The van der Waals surface area contributed by atoms with E-state index in [4.69, 9.17) is 5.11 Å². The number of rotatable bonds is 4. The topological polar surface area (TPSA) is 60.9 Å². The van der Waals surface area contributed by atoms with E-state index in [9.17, 15) is 9.59 Å². The van der Waals surface area contributed by atoms with E-state index in [-0.39, 0.29) is 18.5 Å². The molecule has 0 aromatic heterocycles. The molecule has 1 N–H and O–H groups in total. The molecule has 1 atom stereocenters. The number of carboxylic acid groups (broad SMARTS) is 1. The molecule has 1 heterocycles. The Morgan fingerprint density at radius 2 is 2.19 bits per heavy atom. The summed E-state index contributed by atoms with van der Waals surface area (Å²) >= 11 is 0. The Labute approximate surface area is 96.0 Å². The normalized spacial score (nSPS) is 19.9. The van der Waals surface area contributed by atoms with Gasteiger partial charge in [-0.05, 0) is 26.7 Å². The van der Waals surface area contributed by atoms with Crippen molar-refractivity contribution in [3.8, 4) is 0 Å². The van der Waals surface area contributed by atoms with Crippen LogP contribution in [0.15, 0.2) is 0 Å². The van der Waals surface area contributed by atoms with Gasteiger partial charge in [-0.15, -0.1) is 0 Å². The van der Waals surface area contributed by atoms with Gasteiger partial charge < -0.3 is 14.9 Å². The van der Waals surface area contributed by atoms with Crippen molar-refractivity contribution in [1.29, 1.82) is 0 Å². The predicted octanol–water partition coefficient (Wildman–Crippen LogP) is 1.39. The molecular formula is C11H20N2O3. The summed E-state index contributed by atoms with van der Waals surface area (Å²) in [5, 5.41) is 8.61. The monoisotopic (exact) mass is 228 g/mol. The van der Waals surface area contributed by atoms with Crippen LogP contribution in [0.4, 0.5) is 4.79 Å². The molecule has 5 heteroatoms. The summed E-state index contributed by atoms with van der Waals surface area (Å²) in [4.78, 5) is 26.0. The Bertz CT molecular complexity index is 268. The van der Waals surface area contributed by atoms with E-state index in [1.165, 1.54) is 0 Å². The lowest BCUT2D eigenvalue weighted by Crippen LogP contribution is -2.45. The summed E-state index contributed by atoms with van der Waals surface area (Å²) in [5.41, 5.74) is 0. The van der Waals surface area contributed by atoms with Crippen molar-refractivity contribution in [1.82, 2.24) is 9.80 Å². The molecule has 1 fully saturated rings. The van der Waals surface area contributed by atoms with Crippen LogP contribution in [0, 0.1) is 0 Å². The van der Waals surface area contributed by atoms with Crippen molar-refractivity contribution in [2.75, 3.05) is 19.6 Å². The molecule has 1 aliphatic heterocycles. The summed E-state index contributed by atoms with van der Waals surface area (Å²) in [6.07, 6.45) is 2.10. The summed E-state index contributed by atoms with van der Waals surface area (Å²) in [6.45, 7) is 5.57. The lowest BCUT2D eigenvalue weighted by Gasteiger charge is -2.29.